The Morgan fingerprint density at radius 1 is 1.16 bits per heavy atom. The fraction of sp³-hybridized carbons (Fsp3) is 0.609. The van der Waals surface area contributed by atoms with Crippen LogP contribution in [-0.4, -0.2) is 53.5 Å². The maximum absolute atomic E-state index is 13.0. The lowest BCUT2D eigenvalue weighted by molar-refractivity contribution is 0.267. The van der Waals surface area contributed by atoms with Crippen molar-refractivity contribution < 1.29 is 12.9 Å². The van der Waals surface area contributed by atoms with Gasteiger partial charge in [0, 0.05) is 48.1 Å². The highest BCUT2D eigenvalue weighted by Crippen LogP contribution is 2.33. The second-order valence-electron chi connectivity index (χ2n) is 9.18. The average molecular weight is 460 g/mol. The predicted molar refractivity (Wildman–Crippen MR) is 126 cm³/mol. The molecule has 2 fully saturated rings. The average Bonchev–Trinajstić information content (AvgIpc) is 3.30. The summed E-state index contributed by atoms with van der Waals surface area (Å²) >= 11 is 0. The Balaban J connectivity index is 1.43. The van der Waals surface area contributed by atoms with Crippen molar-refractivity contribution in [3.63, 3.8) is 0 Å². The van der Waals surface area contributed by atoms with Crippen LogP contribution in [0.3, 0.4) is 0 Å². The predicted octanol–water partition coefficient (Wildman–Crippen LogP) is 4.40. The minimum Gasteiger partial charge on any atom is -0.382 e. The number of anilines is 1. The zero-order valence-electron chi connectivity index (χ0n) is 18.9. The van der Waals surface area contributed by atoms with E-state index in [1.54, 1.807) is 4.31 Å². The van der Waals surface area contributed by atoms with E-state index < -0.39 is 10.0 Å². The Morgan fingerprint density at radius 3 is 2.53 bits per heavy atom. The van der Waals surface area contributed by atoms with Crippen molar-refractivity contribution in [2.75, 3.05) is 18.4 Å². The fourth-order valence-corrected chi connectivity index (χ4v) is 6.78. The van der Waals surface area contributed by atoms with Gasteiger partial charge in [0.15, 0.2) is 0 Å². The molecule has 174 valence electrons. The van der Waals surface area contributed by atoms with E-state index in [1.807, 2.05) is 32.0 Å². The molecular formula is C23H33N5O3S. The second-order valence-corrected chi connectivity index (χ2v) is 11.4. The van der Waals surface area contributed by atoms with Crippen LogP contribution in [0.1, 0.15) is 76.2 Å². The fourth-order valence-electron chi connectivity index (χ4n) is 4.71. The first-order valence-corrected chi connectivity index (χ1v) is 13.1. The summed E-state index contributed by atoms with van der Waals surface area (Å²) in [5, 5.41) is 14.9. The lowest BCUT2D eigenvalue weighted by Gasteiger charge is -2.33. The number of hydrogen-bond donors (Lipinski definition) is 2. The van der Waals surface area contributed by atoms with Gasteiger partial charge >= 0.3 is 0 Å². The minimum atomic E-state index is -3.21. The summed E-state index contributed by atoms with van der Waals surface area (Å²) in [5.41, 5.74) is 2.49. The van der Waals surface area contributed by atoms with Crippen LogP contribution in [0.5, 0.6) is 0 Å². The number of nitrogens with one attached hydrogen (secondary N) is 2. The van der Waals surface area contributed by atoms with Gasteiger partial charge in [-0.2, -0.15) is 4.98 Å². The Bertz CT molecular complexity index is 1040. The first-order valence-electron chi connectivity index (χ1n) is 11.6. The topological polar surface area (TPSA) is 112 Å². The van der Waals surface area contributed by atoms with Gasteiger partial charge in [-0.05, 0) is 45.6 Å². The lowest BCUT2D eigenvalue weighted by Crippen LogP contribution is -2.43. The molecule has 0 radical (unpaired) electrons. The molecule has 1 saturated heterocycles. The molecule has 0 spiro atoms. The summed E-state index contributed by atoms with van der Waals surface area (Å²) in [4.78, 5) is 4.63. The van der Waals surface area contributed by atoms with E-state index in [0.29, 0.717) is 37.6 Å². The molecular weight excluding hydrogens is 426 g/mol. The largest absolute Gasteiger partial charge is 0.382 e. The summed E-state index contributed by atoms with van der Waals surface area (Å²) in [6.45, 7) is 5.12. The smallest absolute Gasteiger partial charge is 0.230 e. The maximum atomic E-state index is 13.0. The number of nitrogens with zero attached hydrogens (tertiary/aromatic N) is 3. The second kappa shape index (κ2) is 9.70. The molecule has 8 nitrogen and oxygen atoms in total. The number of sulfonamides is 1. The number of rotatable bonds is 7. The van der Waals surface area contributed by atoms with Gasteiger partial charge < -0.3 is 15.2 Å². The molecule has 2 heterocycles. The zero-order valence-corrected chi connectivity index (χ0v) is 19.7. The Kier molecular flexibility index (Phi) is 6.95. The molecule has 9 heteroatoms. The Hall–Kier alpha value is -2.26. The molecule has 32 heavy (non-hydrogen) atoms. The molecule has 0 unspecified atom stereocenters. The normalized spacial score (nSPS) is 19.3. The maximum Gasteiger partial charge on any atom is 0.230 e. The Labute approximate surface area is 190 Å². The van der Waals surface area contributed by atoms with Crippen LogP contribution in [0.15, 0.2) is 22.7 Å². The molecule has 4 rings (SSSR count). The van der Waals surface area contributed by atoms with Gasteiger partial charge in [0.1, 0.15) is 0 Å². The molecule has 0 bridgehead atoms. The third-order valence-electron chi connectivity index (χ3n) is 6.49. The Morgan fingerprint density at radius 2 is 1.88 bits per heavy atom. The van der Waals surface area contributed by atoms with E-state index in [9.17, 15) is 8.42 Å². The minimum absolute atomic E-state index is 0.0724. The summed E-state index contributed by atoms with van der Waals surface area (Å²) in [6, 6.07) is 5.94. The van der Waals surface area contributed by atoms with E-state index in [0.717, 1.165) is 48.9 Å². The van der Waals surface area contributed by atoms with Crippen LogP contribution in [0, 0.1) is 5.41 Å². The third kappa shape index (κ3) is 4.88. The van der Waals surface area contributed by atoms with Crippen LogP contribution in [-0.2, 0) is 10.0 Å². The van der Waals surface area contributed by atoms with E-state index in [-0.39, 0.29) is 17.2 Å². The first kappa shape index (κ1) is 22.9. The summed E-state index contributed by atoms with van der Waals surface area (Å²) in [5.74, 6) is 1.16. The number of hydrogen-bond acceptors (Lipinski definition) is 7. The molecule has 0 atom stereocenters. The monoisotopic (exact) mass is 459 g/mol. The van der Waals surface area contributed by atoms with Crippen molar-refractivity contribution in [3.8, 4) is 11.4 Å². The highest BCUT2D eigenvalue weighted by Gasteiger charge is 2.36. The summed E-state index contributed by atoms with van der Waals surface area (Å²) < 4.78 is 33.2. The molecule has 2 aliphatic rings. The van der Waals surface area contributed by atoms with Gasteiger partial charge in [0.25, 0.3) is 0 Å². The lowest BCUT2D eigenvalue weighted by atomic mass is 9.98. The van der Waals surface area contributed by atoms with Gasteiger partial charge in [-0.3, -0.25) is 0 Å². The quantitative estimate of drug-likeness (QED) is 0.594. The summed E-state index contributed by atoms with van der Waals surface area (Å²) in [6.07, 6.45) is 7.47. The van der Waals surface area contributed by atoms with E-state index in [4.69, 9.17) is 9.93 Å². The van der Waals surface area contributed by atoms with Crippen molar-refractivity contribution in [2.24, 2.45) is 0 Å². The number of aromatic nitrogens is 2. The van der Waals surface area contributed by atoms with Crippen molar-refractivity contribution in [1.82, 2.24) is 14.4 Å². The zero-order chi connectivity index (χ0) is 22.7. The first-order chi connectivity index (χ1) is 15.4. The summed E-state index contributed by atoms with van der Waals surface area (Å²) in [7, 11) is -3.21. The number of benzene rings is 1. The van der Waals surface area contributed by atoms with Crippen LogP contribution in [0.4, 0.5) is 5.69 Å². The van der Waals surface area contributed by atoms with Gasteiger partial charge in [0.05, 0.1) is 5.25 Å². The van der Waals surface area contributed by atoms with Crippen LogP contribution in [0.2, 0.25) is 0 Å². The van der Waals surface area contributed by atoms with Crippen molar-refractivity contribution in [3.05, 3.63) is 29.7 Å². The highest BCUT2D eigenvalue weighted by atomic mass is 32.2. The molecule has 2 aromatic rings. The van der Waals surface area contributed by atoms with Crippen LogP contribution in [0.25, 0.3) is 11.4 Å². The van der Waals surface area contributed by atoms with E-state index in [1.165, 1.54) is 6.21 Å². The molecule has 1 aliphatic carbocycles. The van der Waals surface area contributed by atoms with E-state index in [2.05, 4.69) is 15.5 Å². The van der Waals surface area contributed by atoms with Gasteiger partial charge in [-0.15, -0.1) is 0 Å². The highest BCUT2D eigenvalue weighted by molar-refractivity contribution is 7.89. The molecule has 0 amide bonds. The van der Waals surface area contributed by atoms with Crippen molar-refractivity contribution >= 4 is 21.9 Å². The molecule has 1 aliphatic heterocycles. The molecule has 1 aromatic heterocycles. The van der Waals surface area contributed by atoms with E-state index >= 15 is 0 Å². The van der Waals surface area contributed by atoms with Crippen LogP contribution >= 0.6 is 0 Å². The molecule has 1 aromatic carbocycles. The van der Waals surface area contributed by atoms with Crippen molar-refractivity contribution in [2.45, 2.75) is 76.0 Å². The molecule has 2 N–H and O–H groups in total. The third-order valence-corrected chi connectivity index (χ3v) is 8.89. The standard InChI is InChI=1S/C23H33N5O3S/c1-16(2)25-21-14-18(8-9-19(21)15-24)22-26-23(31-27-22)17-10-12-28(13-11-17)32(29,30)20-6-4-3-5-7-20/h8-9,14-17,20,24-25H,3-7,10-13H2,1-2H3. The van der Waals surface area contributed by atoms with Crippen molar-refractivity contribution in [1.29, 1.82) is 5.41 Å². The van der Waals surface area contributed by atoms with Gasteiger partial charge in [-0.1, -0.05) is 36.6 Å². The SMILES string of the molecule is CC(C)Nc1cc(-c2noc(C3CCN(S(=O)(=O)C4CCCCC4)CC3)n2)ccc1C=N. The van der Waals surface area contributed by atoms with Gasteiger partial charge in [-0.25, -0.2) is 12.7 Å². The number of piperidine rings is 1. The van der Waals surface area contributed by atoms with Crippen LogP contribution < -0.4 is 5.32 Å². The molecule has 1 saturated carbocycles. The van der Waals surface area contributed by atoms with Gasteiger partial charge in [0.2, 0.25) is 21.7 Å².